The van der Waals surface area contributed by atoms with Crippen molar-refractivity contribution < 1.29 is 4.79 Å². The Balaban J connectivity index is 2.87. The van der Waals surface area contributed by atoms with E-state index in [4.69, 9.17) is 0 Å². The lowest BCUT2D eigenvalue weighted by Gasteiger charge is -2.00. The summed E-state index contributed by atoms with van der Waals surface area (Å²) in [6.45, 7) is 4.56. The Kier molecular flexibility index (Phi) is 3.06. The molecule has 0 aliphatic rings. The van der Waals surface area contributed by atoms with Crippen molar-refractivity contribution in [2.75, 3.05) is 6.54 Å². The third-order valence-corrected chi connectivity index (χ3v) is 1.86. The van der Waals surface area contributed by atoms with E-state index in [1.165, 1.54) is 0 Å². The van der Waals surface area contributed by atoms with Gasteiger partial charge in [-0.3, -0.25) is 9.48 Å². The number of hydrogen-bond acceptors (Lipinski definition) is 2. The minimum atomic E-state index is -0.0581. The van der Waals surface area contributed by atoms with Crippen molar-refractivity contribution in [1.29, 1.82) is 0 Å². The Hall–Kier alpha value is -1.32. The van der Waals surface area contributed by atoms with Crippen molar-refractivity contribution in [2.45, 2.75) is 20.3 Å². The molecule has 0 fully saturated rings. The van der Waals surface area contributed by atoms with Gasteiger partial charge >= 0.3 is 0 Å². The number of aryl methyl sites for hydroxylation is 2. The minimum Gasteiger partial charge on any atom is -0.351 e. The second kappa shape index (κ2) is 4.07. The lowest BCUT2D eigenvalue weighted by molar-refractivity contribution is 0.0946. The van der Waals surface area contributed by atoms with Crippen LogP contribution in [0.4, 0.5) is 0 Å². The number of carbonyl (C=O) groups excluding carboxylic acids is 1. The highest BCUT2D eigenvalue weighted by Gasteiger charge is 2.10. The molecule has 0 atom stereocenters. The molecule has 0 saturated carbocycles. The second-order valence-corrected chi connectivity index (χ2v) is 2.86. The first-order valence-electron chi connectivity index (χ1n) is 4.50. The molecule has 1 aromatic rings. The van der Waals surface area contributed by atoms with Crippen LogP contribution in [0.3, 0.4) is 0 Å². The molecular weight excluding hydrogens is 166 g/mol. The summed E-state index contributed by atoms with van der Waals surface area (Å²) in [7, 11) is 1.78. The number of aromatic nitrogens is 2. The van der Waals surface area contributed by atoms with Crippen molar-refractivity contribution in [3.05, 3.63) is 17.5 Å². The van der Waals surface area contributed by atoms with Gasteiger partial charge in [-0.05, 0) is 19.4 Å². The molecule has 1 heterocycles. The maximum absolute atomic E-state index is 11.4. The van der Waals surface area contributed by atoms with Gasteiger partial charge in [-0.25, -0.2) is 0 Å². The predicted octanol–water partition coefficient (Wildman–Crippen LogP) is 0.732. The fourth-order valence-electron chi connectivity index (χ4n) is 1.16. The van der Waals surface area contributed by atoms with Gasteiger partial charge in [0.15, 0.2) is 0 Å². The number of nitrogens with one attached hydrogen (secondary N) is 1. The zero-order valence-corrected chi connectivity index (χ0v) is 8.29. The zero-order valence-electron chi connectivity index (χ0n) is 8.29. The van der Waals surface area contributed by atoms with E-state index in [9.17, 15) is 4.79 Å². The Morgan fingerprint density at radius 3 is 2.77 bits per heavy atom. The van der Waals surface area contributed by atoms with Gasteiger partial charge in [-0.1, -0.05) is 6.92 Å². The summed E-state index contributed by atoms with van der Waals surface area (Å²) in [6.07, 6.45) is 0.854. The van der Waals surface area contributed by atoms with E-state index in [1.54, 1.807) is 11.7 Å². The van der Waals surface area contributed by atoms with Crippen LogP contribution < -0.4 is 5.32 Å². The van der Waals surface area contributed by atoms with Gasteiger partial charge in [0.05, 0.1) is 5.69 Å². The first kappa shape index (κ1) is 9.77. The lowest BCUT2D eigenvalue weighted by atomic mass is 10.3. The third-order valence-electron chi connectivity index (χ3n) is 1.86. The molecule has 0 spiro atoms. The van der Waals surface area contributed by atoms with Crippen LogP contribution in [0, 0.1) is 0 Å². The summed E-state index contributed by atoms with van der Waals surface area (Å²) >= 11 is 0. The van der Waals surface area contributed by atoms with Crippen LogP contribution in [0.2, 0.25) is 0 Å². The first-order valence-corrected chi connectivity index (χ1v) is 4.50. The maximum atomic E-state index is 11.4. The first-order chi connectivity index (χ1) is 6.19. The average molecular weight is 181 g/mol. The van der Waals surface area contributed by atoms with Crippen LogP contribution in [0.15, 0.2) is 6.07 Å². The molecule has 1 rings (SSSR count). The van der Waals surface area contributed by atoms with E-state index in [2.05, 4.69) is 10.4 Å². The molecule has 4 heteroatoms. The van der Waals surface area contributed by atoms with Crippen molar-refractivity contribution >= 4 is 5.91 Å². The van der Waals surface area contributed by atoms with Crippen molar-refractivity contribution in [2.24, 2.45) is 7.05 Å². The smallest absolute Gasteiger partial charge is 0.269 e. The molecule has 1 aromatic heterocycles. The Labute approximate surface area is 77.9 Å². The average Bonchev–Trinajstić information content (AvgIpc) is 2.47. The quantitative estimate of drug-likeness (QED) is 0.747. The van der Waals surface area contributed by atoms with E-state index in [0.29, 0.717) is 12.2 Å². The van der Waals surface area contributed by atoms with Gasteiger partial charge in [0.25, 0.3) is 5.91 Å². The molecule has 0 bridgehead atoms. The van der Waals surface area contributed by atoms with E-state index in [0.717, 1.165) is 12.1 Å². The van der Waals surface area contributed by atoms with Gasteiger partial charge < -0.3 is 5.32 Å². The zero-order chi connectivity index (χ0) is 9.84. The number of rotatable bonds is 3. The molecule has 0 aliphatic carbocycles. The van der Waals surface area contributed by atoms with E-state index in [-0.39, 0.29) is 5.91 Å². The van der Waals surface area contributed by atoms with E-state index >= 15 is 0 Å². The van der Waals surface area contributed by atoms with Crippen LogP contribution in [0.25, 0.3) is 0 Å². The molecule has 0 aromatic carbocycles. The van der Waals surface area contributed by atoms with Gasteiger partial charge in [0.1, 0.15) is 5.69 Å². The highest BCUT2D eigenvalue weighted by Crippen LogP contribution is 2.03. The summed E-state index contributed by atoms with van der Waals surface area (Å²) in [5.74, 6) is -0.0581. The van der Waals surface area contributed by atoms with Gasteiger partial charge in [-0.15, -0.1) is 0 Å². The van der Waals surface area contributed by atoms with Gasteiger partial charge in [-0.2, -0.15) is 5.10 Å². The fourth-order valence-corrected chi connectivity index (χ4v) is 1.16. The number of carbonyl (C=O) groups is 1. The highest BCUT2D eigenvalue weighted by atomic mass is 16.2. The maximum Gasteiger partial charge on any atom is 0.269 e. The predicted molar refractivity (Wildman–Crippen MR) is 50.6 cm³/mol. The third kappa shape index (κ3) is 2.08. The molecule has 1 amide bonds. The summed E-state index contributed by atoms with van der Waals surface area (Å²) in [6, 6.07) is 1.82. The molecule has 13 heavy (non-hydrogen) atoms. The normalized spacial score (nSPS) is 10.1. The summed E-state index contributed by atoms with van der Waals surface area (Å²) < 4.78 is 1.61. The SMILES string of the molecule is CCNC(=O)c1cc(CC)nn1C. The van der Waals surface area contributed by atoms with Crippen molar-refractivity contribution in [3.8, 4) is 0 Å². The topological polar surface area (TPSA) is 46.9 Å². The Morgan fingerprint density at radius 2 is 2.31 bits per heavy atom. The van der Waals surface area contributed by atoms with E-state index in [1.807, 2.05) is 19.9 Å². The largest absolute Gasteiger partial charge is 0.351 e. The minimum absolute atomic E-state index is 0.0581. The van der Waals surface area contributed by atoms with Crippen LogP contribution in [0.1, 0.15) is 30.0 Å². The van der Waals surface area contributed by atoms with Crippen LogP contribution in [0.5, 0.6) is 0 Å². The number of nitrogens with zero attached hydrogens (tertiary/aromatic N) is 2. The van der Waals surface area contributed by atoms with E-state index < -0.39 is 0 Å². The molecule has 1 N–H and O–H groups in total. The van der Waals surface area contributed by atoms with Crippen LogP contribution in [-0.2, 0) is 13.5 Å². The number of amides is 1. The monoisotopic (exact) mass is 181 g/mol. The summed E-state index contributed by atoms with van der Waals surface area (Å²) in [5, 5.41) is 6.93. The molecular formula is C9H15N3O. The highest BCUT2D eigenvalue weighted by molar-refractivity contribution is 5.92. The molecule has 4 nitrogen and oxygen atoms in total. The molecule has 0 unspecified atom stereocenters. The standard InChI is InChI=1S/C9H15N3O/c1-4-7-6-8(12(3)11-7)9(13)10-5-2/h6H,4-5H2,1-3H3,(H,10,13). The lowest BCUT2D eigenvalue weighted by Crippen LogP contribution is -2.24. The molecule has 0 saturated heterocycles. The van der Waals surface area contributed by atoms with Crippen molar-refractivity contribution in [1.82, 2.24) is 15.1 Å². The molecule has 0 radical (unpaired) electrons. The van der Waals surface area contributed by atoms with Gasteiger partial charge in [0.2, 0.25) is 0 Å². The number of hydrogen-bond donors (Lipinski definition) is 1. The van der Waals surface area contributed by atoms with Gasteiger partial charge in [0, 0.05) is 13.6 Å². The van der Waals surface area contributed by atoms with Crippen LogP contribution >= 0.6 is 0 Å². The molecule has 72 valence electrons. The summed E-state index contributed by atoms with van der Waals surface area (Å²) in [4.78, 5) is 11.4. The second-order valence-electron chi connectivity index (χ2n) is 2.86. The Morgan fingerprint density at radius 1 is 1.62 bits per heavy atom. The fraction of sp³-hybridized carbons (Fsp3) is 0.556. The summed E-state index contributed by atoms with van der Waals surface area (Å²) in [5.41, 5.74) is 1.57. The van der Waals surface area contributed by atoms with Crippen LogP contribution in [-0.4, -0.2) is 22.2 Å². The Bertz CT molecular complexity index is 304. The molecule has 0 aliphatic heterocycles. The van der Waals surface area contributed by atoms with Crippen molar-refractivity contribution in [3.63, 3.8) is 0 Å².